The molecule has 0 saturated carbocycles. The van der Waals surface area contributed by atoms with Crippen LogP contribution in [-0.4, -0.2) is 0 Å². The second-order valence-corrected chi connectivity index (χ2v) is 21.2. The minimum atomic E-state index is -5.29. The molecule has 0 saturated heterocycles. The molecule has 8 rings (SSSR count). The zero-order chi connectivity index (χ0) is 57.9. The first-order chi connectivity index (χ1) is 35.7. The molecule has 8 aromatic rings. The number of hydrogen-bond acceptors (Lipinski definition) is 0. The molecule has 0 unspecified atom stereocenters. The predicted molar refractivity (Wildman–Crippen MR) is 245 cm³/mol. The average molecular weight is 1170 g/mol. The highest BCUT2D eigenvalue weighted by molar-refractivity contribution is 7.80. The lowest BCUT2D eigenvalue weighted by atomic mass is 10.1. The summed E-state index contributed by atoms with van der Waals surface area (Å²) in [7, 11) is -5.55. The van der Waals surface area contributed by atoms with E-state index in [1.54, 1.807) is 36.4 Å². The molecular formula is C52H26F24P2. The predicted octanol–water partition coefficient (Wildman–Crippen LogP) is 17.3. The molecular weight excluding hydrogens is 1140 g/mol. The number of alkyl halides is 24. The molecule has 0 fully saturated rings. The van der Waals surface area contributed by atoms with Crippen molar-refractivity contribution in [2.45, 2.75) is 49.4 Å². The topological polar surface area (TPSA) is 0 Å². The van der Waals surface area contributed by atoms with Crippen LogP contribution in [0.25, 0.3) is 21.5 Å². The second-order valence-electron chi connectivity index (χ2n) is 16.8. The van der Waals surface area contributed by atoms with Gasteiger partial charge in [0.1, 0.15) is 0 Å². The van der Waals surface area contributed by atoms with E-state index in [1.165, 1.54) is 48.5 Å². The molecule has 412 valence electrons. The second kappa shape index (κ2) is 20.9. The molecule has 0 spiro atoms. The lowest BCUT2D eigenvalue weighted by Crippen LogP contribution is -2.26. The molecule has 0 nitrogen and oxygen atoms in total. The van der Waals surface area contributed by atoms with Gasteiger partial charge in [-0.1, -0.05) is 72.8 Å². The maximum Gasteiger partial charge on any atom is 0.416 e. The highest BCUT2D eigenvalue weighted by Gasteiger charge is 2.43. The largest absolute Gasteiger partial charge is 0.416 e. The number of halogens is 24. The first kappa shape index (κ1) is 59.1. The summed E-state index contributed by atoms with van der Waals surface area (Å²) in [6.07, 6.45) is -42.3. The fraction of sp³-hybridized carbons (Fsp3) is 0.154. The third kappa shape index (κ3) is 13.8. The Morgan fingerprint density at radius 1 is 0.179 bits per heavy atom. The van der Waals surface area contributed by atoms with Crippen molar-refractivity contribution in [3.63, 3.8) is 0 Å². The minimum Gasteiger partial charge on any atom is -0.166 e. The van der Waals surface area contributed by atoms with Gasteiger partial charge in [0.15, 0.2) is 0 Å². The van der Waals surface area contributed by atoms with E-state index in [9.17, 15) is 105 Å². The van der Waals surface area contributed by atoms with Gasteiger partial charge in [0.2, 0.25) is 0 Å². The molecule has 0 radical (unpaired) electrons. The van der Waals surface area contributed by atoms with Gasteiger partial charge >= 0.3 is 49.4 Å². The monoisotopic (exact) mass is 1170 g/mol. The molecule has 0 atom stereocenters. The fourth-order valence-electron chi connectivity index (χ4n) is 7.80. The summed E-state index contributed by atoms with van der Waals surface area (Å²) in [4.78, 5) is 0. The highest BCUT2D eigenvalue weighted by Crippen LogP contribution is 2.46. The third-order valence-electron chi connectivity index (χ3n) is 11.3. The van der Waals surface area contributed by atoms with Gasteiger partial charge < -0.3 is 0 Å². The first-order valence-corrected chi connectivity index (χ1v) is 24.1. The molecule has 78 heavy (non-hydrogen) atoms. The van der Waals surface area contributed by atoms with Gasteiger partial charge in [0, 0.05) is 0 Å². The smallest absolute Gasteiger partial charge is 0.166 e. The molecule has 0 aliphatic rings. The van der Waals surface area contributed by atoms with Gasteiger partial charge in [-0.05, 0) is 154 Å². The van der Waals surface area contributed by atoms with E-state index in [2.05, 4.69) is 0 Å². The lowest BCUT2D eigenvalue weighted by Gasteiger charge is -2.24. The van der Waals surface area contributed by atoms with Crippen molar-refractivity contribution in [3.8, 4) is 0 Å². The summed E-state index contributed by atoms with van der Waals surface area (Å²) >= 11 is 0. The van der Waals surface area contributed by atoms with Crippen LogP contribution in [0, 0.1) is 0 Å². The Morgan fingerprint density at radius 2 is 0.359 bits per heavy atom. The fourth-order valence-corrected chi connectivity index (χ4v) is 12.7. The Kier molecular flexibility index (Phi) is 15.9. The summed E-state index contributed by atoms with van der Waals surface area (Å²) in [5.41, 5.74) is -14.0. The van der Waals surface area contributed by atoms with E-state index >= 15 is 0 Å². The van der Waals surface area contributed by atoms with Crippen LogP contribution in [0.5, 0.6) is 0 Å². The Balaban J connectivity index is 0.000000226. The molecule has 0 amide bonds. The van der Waals surface area contributed by atoms with Crippen LogP contribution >= 0.6 is 15.8 Å². The van der Waals surface area contributed by atoms with Crippen molar-refractivity contribution in [3.05, 3.63) is 202 Å². The van der Waals surface area contributed by atoms with Gasteiger partial charge in [-0.2, -0.15) is 105 Å². The molecule has 26 heteroatoms. The number of fused-ring (bicyclic) bond motifs is 2. The zero-order valence-corrected chi connectivity index (χ0v) is 39.8. The van der Waals surface area contributed by atoms with E-state index in [-0.39, 0.29) is 34.9 Å². The zero-order valence-electron chi connectivity index (χ0n) is 38.0. The van der Waals surface area contributed by atoms with Crippen LogP contribution in [-0.2, 0) is 49.4 Å². The molecule has 0 N–H and O–H groups in total. The van der Waals surface area contributed by atoms with Crippen molar-refractivity contribution < 1.29 is 105 Å². The van der Waals surface area contributed by atoms with Crippen LogP contribution in [0.15, 0.2) is 158 Å². The third-order valence-corrected chi connectivity index (χ3v) is 16.0. The van der Waals surface area contributed by atoms with E-state index in [0.29, 0.717) is 70.1 Å². The summed E-state index contributed by atoms with van der Waals surface area (Å²) < 4.78 is 326. The Hall–Kier alpha value is -6.54. The molecule has 0 aliphatic heterocycles. The van der Waals surface area contributed by atoms with Crippen molar-refractivity contribution in [2.24, 2.45) is 0 Å². The molecule has 0 aliphatic carbocycles. The Morgan fingerprint density at radius 3 is 0.538 bits per heavy atom. The molecule has 0 aromatic heterocycles. The quantitative estimate of drug-likeness (QED) is 0.115. The van der Waals surface area contributed by atoms with Crippen LogP contribution < -0.4 is 31.8 Å². The van der Waals surface area contributed by atoms with E-state index < -0.39 is 131 Å². The van der Waals surface area contributed by atoms with Crippen molar-refractivity contribution >= 4 is 69.2 Å². The van der Waals surface area contributed by atoms with Gasteiger partial charge in [-0.15, -0.1) is 0 Å². The van der Waals surface area contributed by atoms with E-state index in [4.69, 9.17) is 0 Å². The highest BCUT2D eigenvalue weighted by atomic mass is 31.1. The maximum absolute atomic E-state index is 13.6. The van der Waals surface area contributed by atoms with Crippen LogP contribution in [0.4, 0.5) is 105 Å². The van der Waals surface area contributed by atoms with Crippen LogP contribution in [0.3, 0.4) is 0 Å². The van der Waals surface area contributed by atoms with E-state index in [1.807, 2.05) is 0 Å². The summed E-state index contributed by atoms with van der Waals surface area (Å²) in [5, 5.41) is -1.00. The number of benzene rings is 8. The minimum absolute atomic E-state index is 0.0522. The SMILES string of the molecule is FC(F)(F)c1cc(P(c2cc(C(F)(F)F)cc(C(F)(F)F)c2)c2ccc3ccccc3c2)cc(C(F)(F)F)c1.FC(F)(F)c1cc(P(c2cc(C(F)(F)F)cc(C(F)(F)F)c2)c2ccc3ccccc3c2)cc(C(F)(F)F)c1. The van der Waals surface area contributed by atoms with Gasteiger partial charge in [-0.3, -0.25) is 0 Å². The van der Waals surface area contributed by atoms with Crippen LogP contribution in [0.2, 0.25) is 0 Å². The first-order valence-electron chi connectivity index (χ1n) is 21.4. The van der Waals surface area contributed by atoms with Crippen molar-refractivity contribution in [2.75, 3.05) is 0 Å². The van der Waals surface area contributed by atoms with Gasteiger partial charge in [0.25, 0.3) is 0 Å². The Labute approximate surface area is 425 Å². The molecule has 8 aromatic carbocycles. The maximum atomic E-state index is 13.6. The Bertz CT molecular complexity index is 2970. The van der Waals surface area contributed by atoms with Gasteiger partial charge in [0.05, 0.1) is 44.5 Å². The standard InChI is InChI=1S/2C26H13F12P/c2*27-23(28,29)16-8-17(24(30,31)32)11-21(10-16)39(20-6-5-14-3-1-2-4-15(14)7-20)22-12-18(25(33,34)35)9-19(13-22)26(36,37)38/h2*1-13H. The van der Waals surface area contributed by atoms with Gasteiger partial charge in [-0.25, -0.2) is 0 Å². The average Bonchev–Trinajstić information content (AvgIpc) is 3.43. The van der Waals surface area contributed by atoms with Crippen molar-refractivity contribution in [1.29, 1.82) is 0 Å². The van der Waals surface area contributed by atoms with Crippen LogP contribution in [0.1, 0.15) is 44.5 Å². The number of hydrogen-bond donors (Lipinski definition) is 0. The van der Waals surface area contributed by atoms with E-state index in [0.717, 1.165) is 0 Å². The molecule has 0 bridgehead atoms. The summed E-state index contributed by atoms with van der Waals surface area (Å²) in [5.74, 6) is 0. The number of rotatable bonds is 6. The van der Waals surface area contributed by atoms with Crippen molar-refractivity contribution in [1.82, 2.24) is 0 Å². The summed E-state index contributed by atoms with van der Waals surface area (Å²) in [6.45, 7) is 0. The summed E-state index contributed by atoms with van der Waals surface area (Å²) in [6, 6.07) is 22.7. The normalized spacial score (nSPS) is 13.4. The molecule has 0 heterocycles. The lowest BCUT2D eigenvalue weighted by molar-refractivity contribution is -0.144.